The van der Waals surface area contributed by atoms with Crippen LogP contribution >= 0.6 is 11.6 Å². The number of nitrogens with zero attached hydrogens (tertiary/aromatic N) is 1. The number of hydrogen-bond donors (Lipinski definition) is 0. The minimum Gasteiger partial charge on any atom is -0.289 e. The van der Waals surface area contributed by atoms with Gasteiger partial charge in [0.05, 0.1) is 5.52 Å². The average molecular weight is 282 g/mol. The Morgan fingerprint density at radius 3 is 2.65 bits per heavy atom. The predicted octanol–water partition coefficient (Wildman–Crippen LogP) is 4.43. The number of aromatic nitrogens is 1. The van der Waals surface area contributed by atoms with E-state index in [1.54, 1.807) is 24.3 Å². The summed E-state index contributed by atoms with van der Waals surface area (Å²) >= 11 is 5.96. The van der Waals surface area contributed by atoms with Crippen LogP contribution in [0.15, 0.2) is 54.6 Å². The van der Waals surface area contributed by atoms with Gasteiger partial charge in [0.15, 0.2) is 5.78 Å². The van der Waals surface area contributed by atoms with Crippen LogP contribution in [0, 0.1) is 6.92 Å². The molecule has 2 aromatic carbocycles. The molecule has 3 heteroatoms. The molecule has 0 amide bonds. The van der Waals surface area contributed by atoms with E-state index in [0.717, 1.165) is 16.6 Å². The van der Waals surface area contributed by atoms with Crippen molar-refractivity contribution in [3.05, 3.63) is 76.4 Å². The Morgan fingerprint density at radius 1 is 1.05 bits per heavy atom. The van der Waals surface area contributed by atoms with E-state index in [1.165, 1.54) is 0 Å². The molecule has 20 heavy (non-hydrogen) atoms. The Hall–Kier alpha value is -2.19. The normalized spacial score (nSPS) is 10.7. The molecule has 0 saturated heterocycles. The first-order valence-corrected chi connectivity index (χ1v) is 6.69. The number of aryl methyl sites for hydroxylation is 1. The highest BCUT2D eigenvalue weighted by atomic mass is 35.5. The van der Waals surface area contributed by atoms with Gasteiger partial charge in [0.2, 0.25) is 0 Å². The highest BCUT2D eigenvalue weighted by molar-refractivity contribution is 6.31. The van der Waals surface area contributed by atoms with Crippen molar-refractivity contribution in [2.45, 2.75) is 6.92 Å². The number of para-hydroxylation sites is 1. The van der Waals surface area contributed by atoms with Crippen LogP contribution in [0.3, 0.4) is 0 Å². The summed E-state index contributed by atoms with van der Waals surface area (Å²) in [6.45, 7) is 1.89. The van der Waals surface area contributed by atoms with E-state index in [9.17, 15) is 4.79 Å². The highest BCUT2D eigenvalue weighted by Crippen LogP contribution is 2.22. The first-order valence-electron chi connectivity index (χ1n) is 6.32. The summed E-state index contributed by atoms with van der Waals surface area (Å²) in [6.07, 6.45) is 0. The Morgan fingerprint density at radius 2 is 1.85 bits per heavy atom. The standard InChI is InChI=1S/C17H12ClNO/c1-11-9-15(14-7-2-3-8-16(14)19-11)17(20)12-5-4-6-13(18)10-12/h2-10H,1H3. The van der Waals surface area contributed by atoms with E-state index in [2.05, 4.69) is 4.98 Å². The van der Waals surface area contributed by atoms with Gasteiger partial charge >= 0.3 is 0 Å². The largest absolute Gasteiger partial charge is 0.289 e. The van der Waals surface area contributed by atoms with Gasteiger partial charge in [-0.1, -0.05) is 41.9 Å². The second kappa shape index (κ2) is 5.06. The maximum atomic E-state index is 12.7. The molecule has 0 aliphatic heterocycles. The van der Waals surface area contributed by atoms with Crippen LogP contribution in [0.1, 0.15) is 21.6 Å². The minimum absolute atomic E-state index is 0.0331. The van der Waals surface area contributed by atoms with Crippen LogP contribution in [-0.2, 0) is 0 Å². The number of hydrogen-bond acceptors (Lipinski definition) is 2. The van der Waals surface area contributed by atoms with Crippen molar-refractivity contribution in [1.29, 1.82) is 0 Å². The number of pyridine rings is 1. The van der Waals surface area contributed by atoms with Crippen molar-refractivity contribution < 1.29 is 4.79 Å². The molecule has 3 aromatic rings. The van der Waals surface area contributed by atoms with E-state index >= 15 is 0 Å². The lowest BCUT2D eigenvalue weighted by Gasteiger charge is -2.07. The number of carbonyl (C=O) groups is 1. The average Bonchev–Trinajstić information content (AvgIpc) is 2.45. The van der Waals surface area contributed by atoms with Gasteiger partial charge in [-0.05, 0) is 31.2 Å². The Bertz CT molecular complexity index is 811. The maximum Gasteiger partial charge on any atom is 0.193 e. The van der Waals surface area contributed by atoms with Crippen LogP contribution < -0.4 is 0 Å². The summed E-state index contributed by atoms with van der Waals surface area (Å²) in [5, 5.41) is 1.43. The molecule has 3 rings (SSSR count). The lowest BCUT2D eigenvalue weighted by molar-refractivity contribution is 0.104. The summed E-state index contributed by atoms with van der Waals surface area (Å²) in [7, 11) is 0. The third-order valence-corrected chi connectivity index (χ3v) is 3.41. The van der Waals surface area contributed by atoms with Gasteiger partial charge in [-0.2, -0.15) is 0 Å². The third-order valence-electron chi connectivity index (χ3n) is 3.18. The molecule has 0 atom stereocenters. The topological polar surface area (TPSA) is 30.0 Å². The molecule has 0 fully saturated rings. The Kier molecular flexibility index (Phi) is 3.25. The van der Waals surface area contributed by atoms with Crippen LogP contribution in [0.5, 0.6) is 0 Å². The lowest BCUT2D eigenvalue weighted by Crippen LogP contribution is -2.03. The first-order chi connectivity index (χ1) is 9.65. The van der Waals surface area contributed by atoms with E-state index in [0.29, 0.717) is 16.1 Å². The number of halogens is 1. The zero-order valence-electron chi connectivity index (χ0n) is 10.9. The molecule has 2 nitrogen and oxygen atoms in total. The van der Waals surface area contributed by atoms with Crippen molar-refractivity contribution in [2.75, 3.05) is 0 Å². The lowest BCUT2D eigenvalue weighted by atomic mass is 9.99. The molecule has 0 saturated carbocycles. The number of benzene rings is 2. The van der Waals surface area contributed by atoms with Crippen molar-refractivity contribution in [3.63, 3.8) is 0 Å². The van der Waals surface area contributed by atoms with Gasteiger partial charge in [-0.15, -0.1) is 0 Å². The fraction of sp³-hybridized carbons (Fsp3) is 0.0588. The van der Waals surface area contributed by atoms with Crippen LogP contribution in [0.2, 0.25) is 5.02 Å². The summed E-state index contributed by atoms with van der Waals surface area (Å²) in [6, 6.07) is 16.5. The first kappa shape index (κ1) is 12.8. The maximum absolute atomic E-state index is 12.7. The van der Waals surface area contributed by atoms with Gasteiger partial charge in [-0.3, -0.25) is 9.78 Å². The molecule has 0 N–H and O–H groups in total. The third kappa shape index (κ3) is 2.30. The fourth-order valence-electron chi connectivity index (χ4n) is 2.28. The number of carbonyl (C=O) groups excluding carboxylic acids is 1. The summed E-state index contributed by atoms with van der Waals surface area (Å²) in [5.74, 6) is -0.0331. The molecule has 0 radical (unpaired) electrons. The van der Waals surface area contributed by atoms with E-state index in [-0.39, 0.29) is 5.78 Å². The summed E-state index contributed by atoms with van der Waals surface area (Å²) in [5.41, 5.74) is 2.91. The second-order valence-electron chi connectivity index (χ2n) is 4.67. The monoisotopic (exact) mass is 281 g/mol. The molecule has 0 unspecified atom stereocenters. The molecule has 1 heterocycles. The molecule has 0 aliphatic carbocycles. The van der Waals surface area contributed by atoms with Crippen LogP contribution in [0.4, 0.5) is 0 Å². The molecule has 98 valence electrons. The molecular formula is C17H12ClNO. The van der Waals surface area contributed by atoms with Crippen LogP contribution in [0.25, 0.3) is 10.9 Å². The summed E-state index contributed by atoms with van der Waals surface area (Å²) in [4.78, 5) is 17.1. The van der Waals surface area contributed by atoms with Gasteiger partial charge < -0.3 is 0 Å². The molecular weight excluding hydrogens is 270 g/mol. The zero-order chi connectivity index (χ0) is 14.1. The SMILES string of the molecule is Cc1cc(C(=O)c2cccc(Cl)c2)c2ccccc2n1. The van der Waals surface area contributed by atoms with Crippen molar-refractivity contribution in [2.24, 2.45) is 0 Å². The predicted molar refractivity (Wildman–Crippen MR) is 81.4 cm³/mol. The van der Waals surface area contributed by atoms with E-state index in [1.807, 2.05) is 37.3 Å². The van der Waals surface area contributed by atoms with Gasteiger partial charge in [0, 0.05) is 27.2 Å². The summed E-state index contributed by atoms with van der Waals surface area (Å²) < 4.78 is 0. The van der Waals surface area contributed by atoms with Crippen molar-refractivity contribution in [3.8, 4) is 0 Å². The smallest absolute Gasteiger partial charge is 0.193 e. The Labute approximate surface area is 122 Å². The molecule has 0 spiro atoms. The number of fused-ring (bicyclic) bond motifs is 1. The highest BCUT2D eigenvalue weighted by Gasteiger charge is 2.14. The Balaban J connectivity index is 2.21. The second-order valence-corrected chi connectivity index (χ2v) is 5.10. The minimum atomic E-state index is -0.0331. The van der Waals surface area contributed by atoms with Crippen LogP contribution in [-0.4, -0.2) is 10.8 Å². The van der Waals surface area contributed by atoms with E-state index in [4.69, 9.17) is 11.6 Å². The van der Waals surface area contributed by atoms with Gasteiger partial charge in [-0.25, -0.2) is 0 Å². The van der Waals surface area contributed by atoms with Crippen molar-refractivity contribution >= 4 is 28.3 Å². The molecule has 0 aliphatic rings. The quantitative estimate of drug-likeness (QED) is 0.651. The van der Waals surface area contributed by atoms with Crippen molar-refractivity contribution in [1.82, 2.24) is 4.98 Å². The van der Waals surface area contributed by atoms with Gasteiger partial charge in [0.1, 0.15) is 0 Å². The zero-order valence-corrected chi connectivity index (χ0v) is 11.7. The number of rotatable bonds is 2. The molecule has 0 bridgehead atoms. The van der Waals surface area contributed by atoms with E-state index < -0.39 is 0 Å². The van der Waals surface area contributed by atoms with Gasteiger partial charge in [0.25, 0.3) is 0 Å². The number of ketones is 1. The fourth-order valence-corrected chi connectivity index (χ4v) is 2.47. The molecule has 1 aromatic heterocycles.